The summed E-state index contributed by atoms with van der Waals surface area (Å²) >= 11 is 6.04. The third-order valence-electron chi connectivity index (χ3n) is 2.85. The van der Waals surface area contributed by atoms with Gasteiger partial charge in [0.1, 0.15) is 0 Å². The van der Waals surface area contributed by atoms with E-state index >= 15 is 0 Å². The van der Waals surface area contributed by atoms with Gasteiger partial charge < -0.3 is 5.32 Å². The van der Waals surface area contributed by atoms with E-state index in [1.807, 2.05) is 36.4 Å². The van der Waals surface area contributed by atoms with Crippen LogP contribution in [0.15, 0.2) is 48.8 Å². The van der Waals surface area contributed by atoms with E-state index in [1.54, 1.807) is 12.4 Å². The second kappa shape index (κ2) is 5.20. The number of pyridine rings is 1. The van der Waals surface area contributed by atoms with E-state index in [2.05, 4.69) is 20.5 Å². The average Bonchev–Trinajstić information content (AvgIpc) is 2.48. The summed E-state index contributed by atoms with van der Waals surface area (Å²) in [7, 11) is 0. The van der Waals surface area contributed by atoms with E-state index in [0.29, 0.717) is 11.7 Å². The van der Waals surface area contributed by atoms with Gasteiger partial charge in [-0.1, -0.05) is 35.9 Å². The molecule has 2 heterocycles. The van der Waals surface area contributed by atoms with Crippen LogP contribution in [0.3, 0.4) is 0 Å². The van der Waals surface area contributed by atoms with Gasteiger partial charge in [-0.2, -0.15) is 0 Å². The topological polar surface area (TPSA) is 50.7 Å². The summed E-state index contributed by atoms with van der Waals surface area (Å²) in [6.45, 7) is 0.669. The van der Waals surface area contributed by atoms with Crippen LogP contribution in [-0.2, 0) is 6.54 Å². The van der Waals surface area contributed by atoms with Crippen molar-refractivity contribution in [2.24, 2.45) is 0 Å². The lowest BCUT2D eigenvalue weighted by Crippen LogP contribution is -2.03. The first kappa shape index (κ1) is 11.9. The molecule has 0 aliphatic rings. The fourth-order valence-electron chi connectivity index (χ4n) is 1.89. The minimum Gasteiger partial charge on any atom is -0.364 e. The van der Waals surface area contributed by atoms with Crippen LogP contribution in [0.1, 0.15) is 5.56 Å². The summed E-state index contributed by atoms with van der Waals surface area (Å²) in [6.07, 6.45) is 3.53. The van der Waals surface area contributed by atoms with Crippen LogP contribution in [0, 0.1) is 0 Å². The number of hydrogen-bond donors (Lipinski definition) is 1. The Hall–Kier alpha value is -2.20. The molecule has 0 unspecified atom stereocenters. The number of halogens is 1. The smallest absolute Gasteiger partial charge is 0.159 e. The van der Waals surface area contributed by atoms with Crippen molar-refractivity contribution in [2.45, 2.75) is 6.54 Å². The van der Waals surface area contributed by atoms with Gasteiger partial charge in [0, 0.05) is 29.7 Å². The second-order valence-electron chi connectivity index (χ2n) is 4.09. The zero-order chi connectivity index (χ0) is 13.1. The fraction of sp³-hybridized carbons (Fsp3) is 0.0714. The Morgan fingerprint density at radius 1 is 0.947 bits per heavy atom. The Labute approximate surface area is 115 Å². The van der Waals surface area contributed by atoms with Crippen molar-refractivity contribution in [2.75, 3.05) is 5.32 Å². The van der Waals surface area contributed by atoms with E-state index in [4.69, 9.17) is 11.6 Å². The third-order valence-corrected chi connectivity index (χ3v) is 3.13. The van der Waals surface area contributed by atoms with E-state index in [-0.39, 0.29) is 0 Å². The molecule has 3 aromatic rings. The second-order valence-corrected chi connectivity index (χ2v) is 4.45. The van der Waals surface area contributed by atoms with Gasteiger partial charge in [0.05, 0.1) is 0 Å². The van der Waals surface area contributed by atoms with Crippen LogP contribution in [0.5, 0.6) is 0 Å². The number of rotatable bonds is 3. The fourth-order valence-corrected chi connectivity index (χ4v) is 2.09. The minimum absolute atomic E-state index is 0.421. The molecule has 5 heteroatoms. The van der Waals surface area contributed by atoms with Crippen molar-refractivity contribution >= 4 is 28.2 Å². The molecule has 0 radical (unpaired) electrons. The van der Waals surface area contributed by atoms with Crippen LogP contribution in [0.25, 0.3) is 10.8 Å². The zero-order valence-corrected chi connectivity index (χ0v) is 10.8. The van der Waals surface area contributed by atoms with Crippen molar-refractivity contribution in [3.05, 3.63) is 59.5 Å². The SMILES string of the molecule is Clc1nnc(NCc2ccncc2)c2ccccc12. The Morgan fingerprint density at radius 3 is 2.47 bits per heavy atom. The molecule has 0 aliphatic carbocycles. The van der Waals surface area contributed by atoms with Crippen LogP contribution in [-0.4, -0.2) is 15.2 Å². The van der Waals surface area contributed by atoms with Gasteiger partial charge in [0.15, 0.2) is 11.0 Å². The molecule has 0 spiro atoms. The number of nitrogens with zero attached hydrogens (tertiary/aromatic N) is 3. The first-order valence-corrected chi connectivity index (χ1v) is 6.26. The standard InChI is InChI=1S/C14H11ClN4/c15-13-11-3-1-2-4-12(11)14(19-18-13)17-9-10-5-7-16-8-6-10/h1-8H,9H2,(H,17,19). The minimum atomic E-state index is 0.421. The predicted molar refractivity (Wildman–Crippen MR) is 76.1 cm³/mol. The lowest BCUT2D eigenvalue weighted by molar-refractivity contribution is 1.01. The first-order chi connectivity index (χ1) is 9.34. The molecule has 0 amide bonds. The lowest BCUT2D eigenvalue weighted by atomic mass is 10.2. The summed E-state index contributed by atoms with van der Waals surface area (Å²) < 4.78 is 0. The normalized spacial score (nSPS) is 10.6. The predicted octanol–water partition coefficient (Wildman–Crippen LogP) is 3.29. The highest BCUT2D eigenvalue weighted by Gasteiger charge is 2.06. The van der Waals surface area contributed by atoms with Crippen molar-refractivity contribution < 1.29 is 0 Å². The molecule has 1 N–H and O–H groups in total. The van der Waals surface area contributed by atoms with Gasteiger partial charge in [-0.3, -0.25) is 4.98 Å². The molecule has 0 saturated carbocycles. The number of nitrogens with one attached hydrogen (secondary N) is 1. The monoisotopic (exact) mass is 270 g/mol. The largest absolute Gasteiger partial charge is 0.364 e. The van der Waals surface area contributed by atoms with Crippen molar-refractivity contribution in [3.63, 3.8) is 0 Å². The maximum atomic E-state index is 6.04. The molecular formula is C14H11ClN4. The summed E-state index contributed by atoms with van der Waals surface area (Å²) in [5.74, 6) is 0.733. The van der Waals surface area contributed by atoms with E-state index in [1.165, 1.54) is 0 Å². The molecule has 0 atom stereocenters. The number of fused-ring (bicyclic) bond motifs is 1. The Morgan fingerprint density at radius 2 is 1.68 bits per heavy atom. The molecule has 2 aromatic heterocycles. The molecule has 0 bridgehead atoms. The van der Waals surface area contributed by atoms with Crippen LogP contribution >= 0.6 is 11.6 Å². The quantitative estimate of drug-likeness (QED) is 0.793. The number of anilines is 1. The van der Waals surface area contributed by atoms with Crippen LogP contribution in [0.2, 0.25) is 5.15 Å². The van der Waals surface area contributed by atoms with E-state index in [0.717, 1.165) is 22.2 Å². The Balaban J connectivity index is 1.91. The first-order valence-electron chi connectivity index (χ1n) is 5.88. The van der Waals surface area contributed by atoms with Crippen molar-refractivity contribution in [1.29, 1.82) is 0 Å². The summed E-state index contributed by atoms with van der Waals surface area (Å²) in [6, 6.07) is 11.7. The summed E-state index contributed by atoms with van der Waals surface area (Å²) in [5.41, 5.74) is 1.14. The van der Waals surface area contributed by atoms with Gasteiger partial charge >= 0.3 is 0 Å². The number of benzene rings is 1. The summed E-state index contributed by atoms with van der Waals surface area (Å²) in [4.78, 5) is 3.99. The van der Waals surface area contributed by atoms with Gasteiger partial charge in [-0.25, -0.2) is 0 Å². The molecule has 0 saturated heterocycles. The molecule has 0 aliphatic heterocycles. The van der Waals surface area contributed by atoms with Crippen molar-refractivity contribution in [1.82, 2.24) is 15.2 Å². The van der Waals surface area contributed by atoms with E-state index in [9.17, 15) is 0 Å². The van der Waals surface area contributed by atoms with Gasteiger partial charge in [0.2, 0.25) is 0 Å². The zero-order valence-electron chi connectivity index (χ0n) is 10.0. The van der Waals surface area contributed by atoms with Gasteiger partial charge in [0.25, 0.3) is 0 Å². The highest BCUT2D eigenvalue weighted by atomic mass is 35.5. The lowest BCUT2D eigenvalue weighted by Gasteiger charge is -2.08. The number of aromatic nitrogens is 3. The maximum absolute atomic E-state index is 6.04. The van der Waals surface area contributed by atoms with Gasteiger partial charge in [-0.15, -0.1) is 10.2 Å². The Bertz CT molecular complexity index is 700. The van der Waals surface area contributed by atoms with E-state index < -0.39 is 0 Å². The van der Waals surface area contributed by atoms with Crippen LogP contribution < -0.4 is 5.32 Å². The molecule has 1 aromatic carbocycles. The molecular weight excluding hydrogens is 260 g/mol. The highest BCUT2D eigenvalue weighted by molar-refractivity contribution is 6.34. The molecule has 94 valence electrons. The maximum Gasteiger partial charge on any atom is 0.159 e. The molecule has 4 nitrogen and oxygen atoms in total. The summed E-state index contributed by atoms with van der Waals surface area (Å²) in [5, 5.41) is 13.6. The van der Waals surface area contributed by atoms with Gasteiger partial charge in [-0.05, 0) is 17.7 Å². The number of hydrogen-bond acceptors (Lipinski definition) is 4. The van der Waals surface area contributed by atoms with Crippen LogP contribution in [0.4, 0.5) is 5.82 Å². The highest BCUT2D eigenvalue weighted by Crippen LogP contribution is 2.25. The third kappa shape index (κ3) is 2.48. The van der Waals surface area contributed by atoms with Crippen molar-refractivity contribution in [3.8, 4) is 0 Å². The average molecular weight is 271 g/mol. The Kier molecular flexibility index (Phi) is 3.25. The molecule has 0 fully saturated rings. The molecule has 19 heavy (non-hydrogen) atoms. The molecule has 3 rings (SSSR count).